The van der Waals surface area contributed by atoms with Crippen LogP contribution >= 0.6 is 0 Å². The molecule has 0 spiro atoms. The number of carbonyl (C=O) groups is 1. The third-order valence-electron chi connectivity index (χ3n) is 5.03. The highest BCUT2D eigenvalue weighted by Crippen LogP contribution is 2.19. The van der Waals surface area contributed by atoms with Gasteiger partial charge in [0, 0.05) is 44.5 Å². The number of benzene rings is 2. The van der Waals surface area contributed by atoms with Gasteiger partial charge in [0.25, 0.3) is 5.91 Å². The Balaban J connectivity index is 1.78. The normalized spacial score (nSPS) is 16.3. The number of nitrogens with zero attached hydrogens (tertiary/aromatic N) is 2. The fraction of sp³-hybridized carbons (Fsp3) is 0.409. The van der Waals surface area contributed by atoms with Gasteiger partial charge in [-0.15, -0.1) is 0 Å². The van der Waals surface area contributed by atoms with E-state index in [1.54, 1.807) is 11.0 Å². The van der Waals surface area contributed by atoms with E-state index >= 15 is 0 Å². The highest BCUT2D eigenvalue weighted by Gasteiger charge is 2.24. The number of carbonyl (C=O) groups excluding carboxylic acids is 1. The van der Waals surface area contributed by atoms with Crippen LogP contribution in [-0.2, 0) is 11.3 Å². The SMILES string of the molecule is CCN(C)c1ccc(C(=O)N(Cc2cccc(F)c2)CC2CCCO2)cc1. The summed E-state index contributed by atoms with van der Waals surface area (Å²) in [6, 6.07) is 14.1. The van der Waals surface area contributed by atoms with Crippen LogP contribution in [0.4, 0.5) is 10.1 Å². The van der Waals surface area contributed by atoms with Crippen molar-refractivity contribution in [2.24, 2.45) is 0 Å². The average molecular weight is 370 g/mol. The summed E-state index contributed by atoms with van der Waals surface area (Å²) >= 11 is 0. The molecule has 0 bridgehead atoms. The summed E-state index contributed by atoms with van der Waals surface area (Å²) in [5.41, 5.74) is 2.49. The number of amides is 1. The van der Waals surface area contributed by atoms with Gasteiger partial charge >= 0.3 is 0 Å². The largest absolute Gasteiger partial charge is 0.376 e. The molecule has 0 radical (unpaired) electrons. The highest BCUT2D eigenvalue weighted by atomic mass is 19.1. The van der Waals surface area contributed by atoms with Crippen molar-refractivity contribution in [3.8, 4) is 0 Å². The van der Waals surface area contributed by atoms with Gasteiger partial charge in [-0.05, 0) is 61.7 Å². The number of anilines is 1. The fourth-order valence-electron chi connectivity index (χ4n) is 3.33. The third kappa shape index (κ3) is 5.07. The van der Waals surface area contributed by atoms with Crippen LogP contribution in [0.3, 0.4) is 0 Å². The van der Waals surface area contributed by atoms with Crippen LogP contribution < -0.4 is 4.90 Å². The molecule has 1 saturated heterocycles. The van der Waals surface area contributed by atoms with Gasteiger partial charge in [0.1, 0.15) is 5.82 Å². The molecule has 1 aliphatic heterocycles. The van der Waals surface area contributed by atoms with Crippen LogP contribution in [0.5, 0.6) is 0 Å². The maximum absolute atomic E-state index is 13.6. The fourth-order valence-corrected chi connectivity index (χ4v) is 3.33. The smallest absolute Gasteiger partial charge is 0.254 e. The third-order valence-corrected chi connectivity index (χ3v) is 5.03. The second-order valence-corrected chi connectivity index (χ2v) is 7.01. The minimum absolute atomic E-state index is 0.0491. The van der Waals surface area contributed by atoms with Gasteiger partial charge in [0.2, 0.25) is 0 Å². The first-order valence-electron chi connectivity index (χ1n) is 9.53. The summed E-state index contributed by atoms with van der Waals surface area (Å²) in [5, 5.41) is 0. The Bertz CT molecular complexity index is 757. The van der Waals surface area contributed by atoms with Gasteiger partial charge in [0.05, 0.1) is 6.10 Å². The van der Waals surface area contributed by atoms with E-state index in [2.05, 4.69) is 11.8 Å². The summed E-state index contributed by atoms with van der Waals surface area (Å²) in [4.78, 5) is 17.0. The van der Waals surface area contributed by atoms with Gasteiger partial charge in [-0.1, -0.05) is 12.1 Å². The number of hydrogen-bond acceptors (Lipinski definition) is 3. The zero-order valence-corrected chi connectivity index (χ0v) is 16.0. The number of halogens is 1. The Kier molecular flexibility index (Phi) is 6.45. The summed E-state index contributed by atoms with van der Waals surface area (Å²) in [6.07, 6.45) is 2.02. The minimum atomic E-state index is -0.288. The molecule has 5 heteroatoms. The second-order valence-electron chi connectivity index (χ2n) is 7.01. The Morgan fingerprint density at radius 2 is 2.00 bits per heavy atom. The molecule has 0 N–H and O–H groups in total. The molecule has 2 aromatic rings. The van der Waals surface area contributed by atoms with E-state index in [0.29, 0.717) is 18.7 Å². The molecule has 0 aliphatic carbocycles. The van der Waals surface area contributed by atoms with Crippen LogP contribution in [0.25, 0.3) is 0 Å². The van der Waals surface area contributed by atoms with Gasteiger partial charge in [-0.25, -0.2) is 4.39 Å². The zero-order valence-electron chi connectivity index (χ0n) is 16.0. The molecule has 2 aromatic carbocycles. The summed E-state index contributed by atoms with van der Waals surface area (Å²) in [5.74, 6) is -0.343. The van der Waals surface area contributed by atoms with Gasteiger partial charge in [0.15, 0.2) is 0 Å². The van der Waals surface area contributed by atoms with Crippen molar-refractivity contribution in [1.29, 1.82) is 0 Å². The van der Waals surface area contributed by atoms with Crippen molar-refractivity contribution in [3.63, 3.8) is 0 Å². The minimum Gasteiger partial charge on any atom is -0.376 e. The van der Waals surface area contributed by atoms with Crippen LogP contribution in [-0.4, -0.2) is 43.7 Å². The van der Waals surface area contributed by atoms with Gasteiger partial charge < -0.3 is 14.5 Å². The van der Waals surface area contributed by atoms with Crippen molar-refractivity contribution in [1.82, 2.24) is 4.90 Å². The summed E-state index contributed by atoms with van der Waals surface area (Å²) in [7, 11) is 2.02. The van der Waals surface area contributed by atoms with Crippen LogP contribution in [0, 0.1) is 5.82 Å². The molecule has 4 nitrogen and oxygen atoms in total. The van der Waals surface area contributed by atoms with Crippen molar-refractivity contribution < 1.29 is 13.9 Å². The van der Waals surface area contributed by atoms with Crippen molar-refractivity contribution >= 4 is 11.6 Å². The maximum Gasteiger partial charge on any atom is 0.254 e. The molecule has 1 fully saturated rings. The first-order chi connectivity index (χ1) is 13.1. The molecule has 144 valence electrons. The molecule has 1 heterocycles. The second kappa shape index (κ2) is 9.00. The molecule has 1 unspecified atom stereocenters. The van der Waals surface area contributed by atoms with Crippen molar-refractivity contribution in [2.75, 3.05) is 31.6 Å². The Morgan fingerprint density at radius 3 is 2.63 bits per heavy atom. The molecule has 1 amide bonds. The zero-order chi connectivity index (χ0) is 19.2. The molecule has 0 aromatic heterocycles. The number of hydrogen-bond donors (Lipinski definition) is 0. The van der Waals surface area contributed by atoms with Crippen molar-refractivity contribution in [3.05, 3.63) is 65.5 Å². The standard InChI is InChI=1S/C22H27FN2O2/c1-3-24(2)20-11-9-18(10-12-20)22(26)25(16-21-8-5-13-27-21)15-17-6-4-7-19(23)14-17/h4,6-7,9-12,14,21H,3,5,8,13,15-16H2,1-2H3. The maximum atomic E-state index is 13.6. The van der Waals surface area contributed by atoms with E-state index in [1.165, 1.54) is 12.1 Å². The lowest BCUT2D eigenvalue weighted by molar-refractivity contribution is 0.0507. The predicted octanol–water partition coefficient (Wildman–Crippen LogP) is 4.10. The van der Waals surface area contributed by atoms with E-state index in [-0.39, 0.29) is 17.8 Å². The molecule has 1 aliphatic rings. The number of rotatable bonds is 7. The Morgan fingerprint density at radius 1 is 1.22 bits per heavy atom. The first-order valence-corrected chi connectivity index (χ1v) is 9.53. The van der Waals surface area contributed by atoms with Crippen LogP contribution in [0.2, 0.25) is 0 Å². The summed E-state index contributed by atoms with van der Waals surface area (Å²) < 4.78 is 19.3. The van der Waals surface area contributed by atoms with E-state index in [9.17, 15) is 9.18 Å². The van der Waals surface area contributed by atoms with Crippen LogP contribution in [0.15, 0.2) is 48.5 Å². The lowest BCUT2D eigenvalue weighted by Gasteiger charge is -2.26. The molecule has 27 heavy (non-hydrogen) atoms. The van der Waals surface area contributed by atoms with Crippen molar-refractivity contribution in [2.45, 2.75) is 32.4 Å². The topological polar surface area (TPSA) is 32.8 Å². The number of ether oxygens (including phenoxy) is 1. The molecule has 3 rings (SSSR count). The van der Waals surface area contributed by atoms with Crippen LogP contribution in [0.1, 0.15) is 35.7 Å². The molecule has 1 atom stereocenters. The van der Waals surface area contributed by atoms with E-state index < -0.39 is 0 Å². The molecule has 0 saturated carbocycles. The Labute approximate surface area is 160 Å². The van der Waals surface area contributed by atoms with E-state index in [4.69, 9.17) is 4.74 Å². The van der Waals surface area contributed by atoms with Gasteiger partial charge in [-0.2, -0.15) is 0 Å². The van der Waals surface area contributed by atoms with Gasteiger partial charge in [-0.3, -0.25) is 4.79 Å². The quantitative estimate of drug-likeness (QED) is 0.736. The molecular formula is C22H27FN2O2. The average Bonchev–Trinajstić information content (AvgIpc) is 3.19. The molecular weight excluding hydrogens is 343 g/mol. The highest BCUT2D eigenvalue weighted by molar-refractivity contribution is 5.94. The lowest BCUT2D eigenvalue weighted by Crippen LogP contribution is -2.37. The summed E-state index contributed by atoms with van der Waals surface area (Å²) in [6.45, 7) is 4.61. The van der Waals surface area contributed by atoms with E-state index in [1.807, 2.05) is 37.4 Å². The Hall–Kier alpha value is -2.40. The van der Waals surface area contributed by atoms with E-state index in [0.717, 1.165) is 37.2 Å². The first kappa shape index (κ1) is 19.4. The monoisotopic (exact) mass is 370 g/mol. The lowest BCUT2D eigenvalue weighted by atomic mass is 10.1. The predicted molar refractivity (Wildman–Crippen MR) is 106 cm³/mol.